The second-order valence-corrected chi connectivity index (χ2v) is 5.38. The van der Waals surface area contributed by atoms with Gasteiger partial charge in [-0.05, 0) is 25.7 Å². The lowest BCUT2D eigenvalue weighted by Gasteiger charge is -2.19. The second kappa shape index (κ2) is 6.18. The molecule has 1 aliphatic heterocycles. The van der Waals surface area contributed by atoms with Crippen molar-refractivity contribution in [3.05, 3.63) is 0 Å². The maximum absolute atomic E-state index is 12.1. The molecule has 5 heteroatoms. The van der Waals surface area contributed by atoms with Crippen LogP contribution in [0.25, 0.3) is 0 Å². The van der Waals surface area contributed by atoms with E-state index in [-0.39, 0.29) is 42.3 Å². The summed E-state index contributed by atoms with van der Waals surface area (Å²) in [5, 5.41) is 11.5. The first-order valence-electron chi connectivity index (χ1n) is 6.47. The first kappa shape index (κ1) is 15.0. The van der Waals surface area contributed by atoms with Crippen molar-refractivity contribution in [1.82, 2.24) is 5.32 Å². The summed E-state index contributed by atoms with van der Waals surface area (Å²) in [4.78, 5) is 22.6. The standard InChI is InChI=1S/C13H23NO4/c1-7(5-11(15)16)6-14-13(17)12-8(2)9(3)18-10(12)4/h7-10,12H,5-6H2,1-4H3,(H,14,17)(H,15,16). The van der Waals surface area contributed by atoms with Crippen LogP contribution in [0.2, 0.25) is 0 Å². The highest BCUT2D eigenvalue weighted by atomic mass is 16.5. The molecule has 0 aromatic heterocycles. The quantitative estimate of drug-likeness (QED) is 0.777. The number of hydrogen-bond acceptors (Lipinski definition) is 3. The van der Waals surface area contributed by atoms with Crippen molar-refractivity contribution < 1.29 is 19.4 Å². The van der Waals surface area contributed by atoms with Crippen LogP contribution in [-0.4, -0.2) is 35.7 Å². The molecule has 1 saturated heterocycles. The number of carbonyl (C=O) groups excluding carboxylic acids is 1. The van der Waals surface area contributed by atoms with Crippen LogP contribution in [0.4, 0.5) is 0 Å². The highest BCUT2D eigenvalue weighted by Gasteiger charge is 2.41. The average molecular weight is 257 g/mol. The highest BCUT2D eigenvalue weighted by Crippen LogP contribution is 2.32. The van der Waals surface area contributed by atoms with Crippen LogP contribution in [0.15, 0.2) is 0 Å². The number of carbonyl (C=O) groups is 2. The summed E-state index contributed by atoms with van der Waals surface area (Å²) in [5.41, 5.74) is 0. The SMILES string of the molecule is CC(CNC(=O)C1C(C)OC(C)C1C)CC(=O)O. The van der Waals surface area contributed by atoms with Gasteiger partial charge < -0.3 is 15.2 Å². The third-order valence-electron chi connectivity index (χ3n) is 3.69. The van der Waals surface area contributed by atoms with Crippen LogP contribution in [-0.2, 0) is 14.3 Å². The van der Waals surface area contributed by atoms with E-state index < -0.39 is 5.97 Å². The summed E-state index contributed by atoms with van der Waals surface area (Å²) in [6.07, 6.45) is 0.0835. The molecule has 1 fully saturated rings. The smallest absolute Gasteiger partial charge is 0.303 e. The fourth-order valence-electron chi connectivity index (χ4n) is 2.48. The molecule has 0 radical (unpaired) electrons. The van der Waals surface area contributed by atoms with Gasteiger partial charge in [-0.15, -0.1) is 0 Å². The van der Waals surface area contributed by atoms with E-state index in [9.17, 15) is 9.59 Å². The maximum Gasteiger partial charge on any atom is 0.303 e. The van der Waals surface area contributed by atoms with Crippen molar-refractivity contribution in [2.75, 3.05) is 6.54 Å². The van der Waals surface area contributed by atoms with Gasteiger partial charge in [-0.1, -0.05) is 13.8 Å². The Hall–Kier alpha value is -1.10. The molecule has 0 bridgehead atoms. The van der Waals surface area contributed by atoms with Gasteiger partial charge in [0.15, 0.2) is 0 Å². The van der Waals surface area contributed by atoms with Crippen LogP contribution in [0.5, 0.6) is 0 Å². The molecule has 2 N–H and O–H groups in total. The van der Waals surface area contributed by atoms with Gasteiger partial charge in [-0.25, -0.2) is 0 Å². The Bertz CT molecular complexity index is 318. The van der Waals surface area contributed by atoms with E-state index >= 15 is 0 Å². The molecule has 0 aromatic rings. The average Bonchev–Trinajstić information content (AvgIpc) is 2.49. The van der Waals surface area contributed by atoms with E-state index in [0.717, 1.165) is 0 Å². The molecule has 0 spiro atoms. The molecule has 1 rings (SSSR count). The molecule has 0 saturated carbocycles. The zero-order valence-electron chi connectivity index (χ0n) is 11.5. The molecule has 18 heavy (non-hydrogen) atoms. The van der Waals surface area contributed by atoms with Crippen molar-refractivity contribution in [2.24, 2.45) is 17.8 Å². The van der Waals surface area contributed by atoms with Crippen molar-refractivity contribution >= 4 is 11.9 Å². The minimum absolute atomic E-state index is 0.0309. The first-order valence-corrected chi connectivity index (χ1v) is 6.47. The predicted molar refractivity (Wildman–Crippen MR) is 67.1 cm³/mol. The molecular formula is C13H23NO4. The highest BCUT2D eigenvalue weighted by molar-refractivity contribution is 5.80. The minimum atomic E-state index is -0.837. The van der Waals surface area contributed by atoms with Crippen molar-refractivity contribution in [1.29, 1.82) is 0 Å². The lowest BCUT2D eigenvalue weighted by atomic mass is 9.88. The van der Waals surface area contributed by atoms with Gasteiger partial charge in [0.25, 0.3) is 0 Å². The number of carboxylic acid groups (broad SMARTS) is 1. The zero-order valence-corrected chi connectivity index (χ0v) is 11.5. The Morgan fingerprint density at radius 3 is 2.33 bits per heavy atom. The van der Waals surface area contributed by atoms with Gasteiger partial charge >= 0.3 is 5.97 Å². The summed E-state index contributed by atoms with van der Waals surface area (Å²) in [6, 6.07) is 0. The lowest BCUT2D eigenvalue weighted by molar-refractivity contribution is -0.138. The van der Waals surface area contributed by atoms with Gasteiger partial charge in [-0.3, -0.25) is 9.59 Å². The Morgan fingerprint density at radius 1 is 1.28 bits per heavy atom. The molecular weight excluding hydrogens is 234 g/mol. The second-order valence-electron chi connectivity index (χ2n) is 5.38. The Balaban J connectivity index is 2.43. The summed E-state index contributed by atoms with van der Waals surface area (Å²) in [6.45, 7) is 8.11. The van der Waals surface area contributed by atoms with Crippen molar-refractivity contribution in [3.8, 4) is 0 Å². The van der Waals surface area contributed by atoms with Crippen LogP contribution in [0.3, 0.4) is 0 Å². The first-order chi connectivity index (χ1) is 8.32. The Labute approximate surface area is 108 Å². The van der Waals surface area contributed by atoms with Crippen LogP contribution >= 0.6 is 0 Å². The molecule has 1 amide bonds. The number of amides is 1. The third-order valence-corrected chi connectivity index (χ3v) is 3.69. The normalized spacial score (nSPS) is 33.1. The van der Waals surface area contributed by atoms with E-state index in [2.05, 4.69) is 5.32 Å². The van der Waals surface area contributed by atoms with E-state index in [1.54, 1.807) is 0 Å². The minimum Gasteiger partial charge on any atom is -0.481 e. The molecule has 104 valence electrons. The van der Waals surface area contributed by atoms with Crippen molar-refractivity contribution in [2.45, 2.75) is 46.3 Å². The lowest BCUT2D eigenvalue weighted by Crippen LogP contribution is -2.39. The third kappa shape index (κ3) is 3.70. The van der Waals surface area contributed by atoms with E-state index in [1.165, 1.54) is 0 Å². The number of nitrogens with one attached hydrogen (secondary N) is 1. The number of hydrogen-bond donors (Lipinski definition) is 2. The number of aliphatic carboxylic acids is 1. The van der Waals surface area contributed by atoms with E-state index in [1.807, 2.05) is 27.7 Å². The van der Waals surface area contributed by atoms with Gasteiger partial charge in [0, 0.05) is 13.0 Å². The zero-order chi connectivity index (χ0) is 13.9. The van der Waals surface area contributed by atoms with Gasteiger partial charge in [0.2, 0.25) is 5.91 Å². The topological polar surface area (TPSA) is 75.6 Å². The molecule has 5 unspecified atom stereocenters. The Morgan fingerprint density at radius 2 is 1.89 bits per heavy atom. The predicted octanol–water partition coefficient (Wildman–Crippen LogP) is 1.27. The Kier molecular flexibility index (Phi) is 5.14. The molecule has 0 aromatic carbocycles. The number of rotatable bonds is 5. The largest absolute Gasteiger partial charge is 0.481 e. The van der Waals surface area contributed by atoms with Crippen LogP contribution < -0.4 is 5.32 Å². The monoisotopic (exact) mass is 257 g/mol. The molecule has 1 aliphatic rings. The van der Waals surface area contributed by atoms with Crippen LogP contribution in [0, 0.1) is 17.8 Å². The summed E-state index contributed by atoms with van der Waals surface area (Å²) in [7, 11) is 0. The van der Waals surface area contributed by atoms with Crippen LogP contribution in [0.1, 0.15) is 34.1 Å². The fourth-order valence-corrected chi connectivity index (χ4v) is 2.48. The summed E-state index contributed by atoms with van der Waals surface area (Å²) >= 11 is 0. The van der Waals surface area contributed by atoms with Crippen molar-refractivity contribution in [3.63, 3.8) is 0 Å². The molecule has 5 atom stereocenters. The summed E-state index contributed by atoms with van der Waals surface area (Å²) < 4.78 is 5.62. The van der Waals surface area contributed by atoms with E-state index in [0.29, 0.717) is 6.54 Å². The fraction of sp³-hybridized carbons (Fsp3) is 0.846. The number of carboxylic acids is 1. The van der Waals surface area contributed by atoms with Gasteiger partial charge in [0.1, 0.15) is 0 Å². The van der Waals surface area contributed by atoms with E-state index in [4.69, 9.17) is 9.84 Å². The number of ether oxygens (including phenoxy) is 1. The summed E-state index contributed by atoms with van der Waals surface area (Å²) in [5.74, 6) is -0.878. The maximum atomic E-state index is 12.1. The van der Waals surface area contributed by atoms with Gasteiger partial charge in [-0.2, -0.15) is 0 Å². The molecule has 1 heterocycles. The molecule has 0 aliphatic carbocycles. The molecule has 5 nitrogen and oxygen atoms in total. The van der Waals surface area contributed by atoms with Gasteiger partial charge in [0.05, 0.1) is 18.1 Å².